The van der Waals surface area contributed by atoms with Gasteiger partial charge in [0.05, 0.1) is 33.9 Å². The summed E-state index contributed by atoms with van der Waals surface area (Å²) < 4.78 is 5.03. The molecule has 3 aliphatic rings. The summed E-state index contributed by atoms with van der Waals surface area (Å²) in [7, 11) is 0. The van der Waals surface area contributed by atoms with Gasteiger partial charge in [0.15, 0.2) is 0 Å². The van der Waals surface area contributed by atoms with Crippen molar-refractivity contribution in [3.8, 4) is 0 Å². The zero-order valence-electron chi connectivity index (χ0n) is 24.1. The molecule has 7 nitrogen and oxygen atoms in total. The minimum atomic E-state index is -0.714. The highest BCUT2D eigenvalue weighted by atomic mass is 35.5. The highest BCUT2D eigenvalue weighted by molar-refractivity contribution is 8.02. The zero-order chi connectivity index (χ0) is 29.6. The predicted molar refractivity (Wildman–Crippen MR) is 165 cm³/mol. The summed E-state index contributed by atoms with van der Waals surface area (Å²) in [6.07, 6.45) is 10.6. The number of unbranched alkanes of at least 4 members (excludes halogenated alkanes) is 5. The van der Waals surface area contributed by atoms with Crippen molar-refractivity contribution in [1.82, 2.24) is 4.90 Å². The van der Waals surface area contributed by atoms with Gasteiger partial charge in [-0.15, -0.1) is 24.9 Å². The number of aliphatic hydroxyl groups excluding tert-OH is 1. The molecule has 9 heteroatoms. The number of halogens is 1. The molecule has 41 heavy (non-hydrogen) atoms. The van der Waals surface area contributed by atoms with Gasteiger partial charge in [0.2, 0.25) is 5.91 Å². The summed E-state index contributed by atoms with van der Waals surface area (Å²) in [5.41, 5.74) is 1.49. The number of hydrogen-bond donors (Lipinski definition) is 1. The quantitative estimate of drug-likeness (QED) is 0.148. The Bertz CT molecular complexity index is 1120. The summed E-state index contributed by atoms with van der Waals surface area (Å²) in [4.78, 5) is 45.7. The van der Waals surface area contributed by atoms with E-state index in [0.717, 1.165) is 50.5 Å². The van der Waals surface area contributed by atoms with Crippen LogP contribution in [0.15, 0.2) is 43.5 Å². The van der Waals surface area contributed by atoms with Gasteiger partial charge < -0.3 is 19.6 Å². The van der Waals surface area contributed by atoms with Crippen LogP contribution in [0.3, 0.4) is 0 Å². The lowest BCUT2D eigenvalue weighted by atomic mass is 9.71. The van der Waals surface area contributed by atoms with Gasteiger partial charge in [0, 0.05) is 24.9 Å². The number of anilines is 1. The Morgan fingerprint density at radius 2 is 1.98 bits per heavy atom. The van der Waals surface area contributed by atoms with E-state index >= 15 is 0 Å². The van der Waals surface area contributed by atoms with Gasteiger partial charge in [0.1, 0.15) is 6.04 Å². The van der Waals surface area contributed by atoms with Crippen LogP contribution in [0.2, 0.25) is 5.02 Å². The van der Waals surface area contributed by atoms with E-state index < -0.39 is 22.6 Å². The molecule has 4 rings (SSSR count). The maximum absolute atomic E-state index is 14.7. The third-order valence-corrected chi connectivity index (χ3v) is 11.0. The molecule has 2 amide bonds. The minimum Gasteiger partial charge on any atom is -0.465 e. The maximum Gasteiger partial charge on any atom is 0.310 e. The van der Waals surface area contributed by atoms with Crippen molar-refractivity contribution in [3.05, 3.63) is 54.1 Å². The zero-order valence-corrected chi connectivity index (χ0v) is 25.6. The van der Waals surface area contributed by atoms with Crippen LogP contribution in [-0.2, 0) is 19.1 Å². The lowest BCUT2D eigenvalue weighted by Crippen LogP contribution is -2.55. The number of carbonyl (C=O) groups excluding carboxylic acids is 3. The molecule has 1 spiro atoms. The van der Waals surface area contributed by atoms with E-state index in [0.29, 0.717) is 36.7 Å². The number of aliphatic hydroxyl groups is 1. The first kappa shape index (κ1) is 31.6. The Labute approximate surface area is 253 Å². The molecule has 3 fully saturated rings. The van der Waals surface area contributed by atoms with Crippen molar-refractivity contribution < 1.29 is 24.2 Å². The van der Waals surface area contributed by atoms with Crippen LogP contribution in [0.1, 0.15) is 63.4 Å². The largest absolute Gasteiger partial charge is 0.465 e. The van der Waals surface area contributed by atoms with E-state index in [1.807, 2.05) is 25.1 Å². The number of amides is 2. The van der Waals surface area contributed by atoms with E-state index in [1.54, 1.807) is 33.7 Å². The van der Waals surface area contributed by atoms with Gasteiger partial charge in [-0.2, -0.15) is 0 Å². The number of rotatable bonds is 16. The summed E-state index contributed by atoms with van der Waals surface area (Å²) in [6, 6.07) is 4.83. The third-order valence-electron chi connectivity index (χ3n) is 8.70. The fraction of sp³-hybridized carbons (Fsp3) is 0.594. The molecule has 1 aromatic carbocycles. The number of para-hydroxylation sites is 1. The predicted octanol–water partition coefficient (Wildman–Crippen LogP) is 5.71. The van der Waals surface area contributed by atoms with Crippen LogP contribution in [0.5, 0.6) is 0 Å². The standard InChI is InChI=1S/C32H43ClN2O5S/c1-4-6-7-12-21-40-31(39)25-24-16-17-32(41-24)26(25)29(37)35(19-10-8-9-11-20-36)28(32)30(38)34(18-5-2)27-22(3)14-13-15-23(27)33/h4-5,13-15,24-26,28,36H,1-2,6-12,16-21H2,3H3/t24-,25+,26+,28?,32?/m1/s1. The first-order valence-electron chi connectivity index (χ1n) is 14.9. The Morgan fingerprint density at radius 3 is 2.68 bits per heavy atom. The monoisotopic (exact) mass is 602 g/mol. The van der Waals surface area contributed by atoms with Crippen molar-refractivity contribution in [2.75, 3.05) is 31.2 Å². The van der Waals surface area contributed by atoms with Crippen LogP contribution in [0.25, 0.3) is 0 Å². The lowest BCUT2D eigenvalue weighted by Gasteiger charge is -2.37. The Kier molecular flexibility index (Phi) is 11.0. The first-order chi connectivity index (χ1) is 19.8. The number of fused-ring (bicyclic) bond motifs is 1. The molecular formula is C32H43ClN2O5S. The maximum atomic E-state index is 14.7. The van der Waals surface area contributed by atoms with Gasteiger partial charge >= 0.3 is 5.97 Å². The Morgan fingerprint density at radius 1 is 1.20 bits per heavy atom. The number of allylic oxidation sites excluding steroid dienone is 1. The number of benzene rings is 1. The van der Waals surface area contributed by atoms with Crippen molar-refractivity contribution >= 4 is 46.8 Å². The van der Waals surface area contributed by atoms with Crippen molar-refractivity contribution in [3.63, 3.8) is 0 Å². The fourth-order valence-corrected chi connectivity index (χ4v) is 9.41. The molecule has 5 atom stereocenters. The highest BCUT2D eigenvalue weighted by Crippen LogP contribution is 2.66. The summed E-state index contributed by atoms with van der Waals surface area (Å²) in [6.45, 7) is 10.7. The molecule has 3 heterocycles. The molecule has 3 saturated heterocycles. The molecule has 3 aliphatic heterocycles. The molecule has 2 bridgehead atoms. The topological polar surface area (TPSA) is 87.1 Å². The highest BCUT2D eigenvalue weighted by Gasteiger charge is 2.74. The number of likely N-dealkylation sites (tertiary alicyclic amines) is 1. The number of hydrogen-bond acceptors (Lipinski definition) is 6. The smallest absolute Gasteiger partial charge is 0.310 e. The average molecular weight is 603 g/mol. The number of esters is 1. The molecule has 1 N–H and O–H groups in total. The molecule has 0 aliphatic carbocycles. The molecule has 0 aromatic heterocycles. The summed E-state index contributed by atoms with van der Waals surface area (Å²) in [5, 5.41) is 9.61. The number of thioether (sulfide) groups is 1. The molecular weight excluding hydrogens is 560 g/mol. The second-order valence-corrected chi connectivity index (χ2v) is 13.3. The SMILES string of the molecule is C=CCCCCOC(=O)[C@@H]1[C@H]2C(=O)N(CCCCCCO)C(C(=O)N(CC=C)c3c(C)cccc3Cl)C23CC[C@H]1S3. The van der Waals surface area contributed by atoms with E-state index in [1.165, 1.54) is 0 Å². The van der Waals surface area contributed by atoms with Gasteiger partial charge in [-0.25, -0.2) is 0 Å². The van der Waals surface area contributed by atoms with E-state index in [2.05, 4.69) is 13.2 Å². The fourth-order valence-electron chi connectivity index (χ4n) is 6.88. The van der Waals surface area contributed by atoms with Crippen LogP contribution >= 0.6 is 23.4 Å². The van der Waals surface area contributed by atoms with Crippen LogP contribution in [0.4, 0.5) is 5.69 Å². The second kappa shape index (κ2) is 14.3. The van der Waals surface area contributed by atoms with Crippen molar-refractivity contribution in [1.29, 1.82) is 0 Å². The number of ether oxygens (including phenoxy) is 1. The minimum absolute atomic E-state index is 0.0402. The number of carbonyl (C=O) groups is 3. The third kappa shape index (κ3) is 6.25. The van der Waals surface area contributed by atoms with Gasteiger partial charge in [0.25, 0.3) is 5.91 Å². The number of aryl methyl sites for hydroxylation is 1. The molecule has 2 unspecified atom stereocenters. The van der Waals surface area contributed by atoms with Crippen molar-refractivity contribution in [2.45, 2.75) is 80.7 Å². The average Bonchev–Trinajstić information content (AvgIpc) is 3.59. The second-order valence-electron chi connectivity index (χ2n) is 11.3. The van der Waals surface area contributed by atoms with Crippen LogP contribution < -0.4 is 4.90 Å². The van der Waals surface area contributed by atoms with Gasteiger partial charge in [-0.05, 0) is 63.5 Å². The molecule has 1 aromatic rings. The first-order valence-corrected chi connectivity index (χ1v) is 16.1. The molecule has 0 saturated carbocycles. The van der Waals surface area contributed by atoms with Crippen LogP contribution in [-0.4, -0.2) is 70.1 Å². The van der Waals surface area contributed by atoms with E-state index in [9.17, 15) is 19.5 Å². The van der Waals surface area contributed by atoms with Crippen molar-refractivity contribution in [2.24, 2.45) is 11.8 Å². The van der Waals surface area contributed by atoms with Gasteiger partial charge in [-0.3, -0.25) is 14.4 Å². The van der Waals surface area contributed by atoms with E-state index in [-0.39, 0.29) is 36.2 Å². The summed E-state index contributed by atoms with van der Waals surface area (Å²) >= 11 is 8.29. The normalized spacial score (nSPS) is 26.2. The molecule has 0 radical (unpaired) electrons. The molecule has 224 valence electrons. The van der Waals surface area contributed by atoms with E-state index in [4.69, 9.17) is 16.3 Å². The Hall–Kier alpha value is -2.29. The number of nitrogens with zero attached hydrogens (tertiary/aromatic N) is 2. The van der Waals surface area contributed by atoms with Gasteiger partial charge in [-0.1, -0.05) is 48.7 Å². The Balaban J connectivity index is 1.66. The summed E-state index contributed by atoms with van der Waals surface area (Å²) in [5.74, 6) is -1.76. The van der Waals surface area contributed by atoms with Crippen LogP contribution in [0, 0.1) is 18.8 Å². The lowest BCUT2D eigenvalue weighted by molar-refractivity contribution is -0.154.